The topological polar surface area (TPSA) is 69.9 Å². The van der Waals surface area contributed by atoms with Crippen LogP contribution in [0.2, 0.25) is 5.02 Å². The first-order valence-corrected chi connectivity index (χ1v) is 13.8. The van der Waals surface area contributed by atoms with E-state index in [-0.39, 0.29) is 12.2 Å². The predicted octanol–water partition coefficient (Wildman–Crippen LogP) is 5.34. The van der Waals surface area contributed by atoms with Gasteiger partial charge < -0.3 is 9.47 Å². The molecule has 0 saturated heterocycles. The van der Waals surface area contributed by atoms with Crippen molar-refractivity contribution in [2.45, 2.75) is 33.4 Å². The molecule has 0 saturated carbocycles. The highest BCUT2D eigenvalue weighted by Crippen LogP contribution is 2.30. The number of nitrogens with zero attached hydrogens (tertiary/aromatic N) is 2. The third-order valence-corrected chi connectivity index (χ3v) is 7.58. The van der Waals surface area contributed by atoms with Crippen LogP contribution in [0.5, 0.6) is 5.75 Å². The highest BCUT2D eigenvalue weighted by Gasteiger charge is 2.33. The monoisotopic (exact) mass is 558 g/mol. The highest BCUT2D eigenvalue weighted by molar-refractivity contribution is 7.07. The molecule has 1 atom stereocenters. The second-order valence-corrected chi connectivity index (χ2v) is 10.6. The Labute approximate surface area is 235 Å². The van der Waals surface area contributed by atoms with Crippen molar-refractivity contribution >= 4 is 35.0 Å². The number of ether oxygens (including phenoxy) is 2. The summed E-state index contributed by atoms with van der Waals surface area (Å²) in [4.78, 5) is 32.0. The summed E-state index contributed by atoms with van der Waals surface area (Å²) < 4.78 is 13.4. The van der Waals surface area contributed by atoms with E-state index in [4.69, 9.17) is 21.1 Å². The van der Waals surface area contributed by atoms with Gasteiger partial charge in [-0.25, -0.2) is 9.79 Å². The Balaban J connectivity index is 1.54. The van der Waals surface area contributed by atoms with E-state index in [1.165, 1.54) is 11.3 Å². The smallest absolute Gasteiger partial charge is 0.338 e. The van der Waals surface area contributed by atoms with Gasteiger partial charge in [0.25, 0.3) is 5.56 Å². The first-order valence-electron chi connectivity index (χ1n) is 12.6. The Morgan fingerprint density at radius 3 is 2.59 bits per heavy atom. The fourth-order valence-corrected chi connectivity index (χ4v) is 5.75. The summed E-state index contributed by atoms with van der Waals surface area (Å²) in [6.45, 7) is 6.15. The molecule has 2 heterocycles. The first kappa shape index (κ1) is 26.7. The average molecular weight is 559 g/mol. The van der Waals surface area contributed by atoms with Gasteiger partial charge in [-0.3, -0.25) is 9.36 Å². The van der Waals surface area contributed by atoms with Gasteiger partial charge in [0.05, 0.1) is 28.5 Å². The molecule has 8 heteroatoms. The van der Waals surface area contributed by atoms with Crippen LogP contribution >= 0.6 is 22.9 Å². The number of hydrogen-bond acceptors (Lipinski definition) is 6. The number of allylic oxidation sites excluding steroid dienone is 1. The zero-order valence-corrected chi connectivity index (χ0v) is 23.4. The van der Waals surface area contributed by atoms with Crippen molar-refractivity contribution in [2.24, 2.45) is 4.99 Å². The normalized spacial score (nSPS) is 15.1. The third kappa shape index (κ3) is 5.75. The number of carbonyl (C=O) groups is 1. The van der Waals surface area contributed by atoms with Crippen molar-refractivity contribution in [2.75, 3.05) is 6.61 Å². The molecule has 0 N–H and O–H groups in total. The molecule has 6 nitrogen and oxygen atoms in total. The molecular weight excluding hydrogens is 532 g/mol. The van der Waals surface area contributed by atoms with Crippen LogP contribution in [0.1, 0.15) is 42.1 Å². The number of aryl methyl sites for hydroxylation is 1. The molecule has 0 fully saturated rings. The third-order valence-electron chi connectivity index (χ3n) is 6.36. The molecular formula is C31H27ClN2O4S. The van der Waals surface area contributed by atoms with E-state index in [1.54, 1.807) is 18.4 Å². The van der Waals surface area contributed by atoms with Gasteiger partial charge in [0.1, 0.15) is 12.4 Å². The van der Waals surface area contributed by atoms with Crippen molar-refractivity contribution in [3.63, 3.8) is 0 Å². The average Bonchev–Trinajstić information content (AvgIpc) is 3.21. The molecule has 39 heavy (non-hydrogen) atoms. The summed E-state index contributed by atoms with van der Waals surface area (Å²) in [6, 6.07) is 22.3. The van der Waals surface area contributed by atoms with Gasteiger partial charge in [0.15, 0.2) is 4.80 Å². The second-order valence-electron chi connectivity index (χ2n) is 9.20. The molecule has 0 radical (unpaired) electrons. The van der Waals surface area contributed by atoms with Crippen LogP contribution < -0.4 is 19.6 Å². The predicted molar refractivity (Wildman–Crippen MR) is 154 cm³/mol. The first-order chi connectivity index (χ1) is 18.8. The van der Waals surface area contributed by atoms with E-state index in [2.05, 4.69) is 4.99 Å². The number of carbonyl (C=O) groups excluding carboxylic acids is 1. The fraction of sp³-hybridized carbons (Fsp3) is 0.194. The van der Waals surface area contributed by atoms with Crippen LogP contribution in [-0.4, -0.2) is 17.1 Å². The SMILES string of the molecule is CCOC(=O)C1=C(C)N=c2s/c(=C\c3cccc(OCc4cccc(Cl)c4)c3)c(=O)n2[C@@H]1c1ccc(C)cc1. The number of aromatic nitrogens is 1. The molecule has 1 aliphatic rings. The number of fused-ring (bicyclic) bond motifs is 1. The minimum Gasteiger partial charge on any atom is -0.489 e. The molecule has 0 aliphatic carbocycles. The molecule has 5 rings (SSSR count). The number of rotatable bonds is 7. The number of esters is 1. The summed E-state index contributed by atoms with van der Waals surface area (Å²) >= 11 is 7.37. The van der Waals surface area contributed by atoms with Gasteiger partial charge in [-0.15, -0.1) is 0 Å². The van der Waals surface area contributed by atoms with E-state index in [0.717, 1.165) is 22.3 Å². The summed E-state index contributed by atoms with van der Waals surface area (Å²) in [5.74, 6) is 0.206. The van der Waals surface area contributed by atoms with Crippen LogP contribution in [0.4, 0.5) is 0 Å². The number of hydrogen-bond donors (Lipinski definition) is 0. The maximum absolute atomic E-state index is 13.8. The number of benzene rings is 3. The maximum atomic E-state index is 13.8. The zero-order valence-electron chi connectivity index (χ0n) is 21.8. The molecule has 1 aromatic heterocycles. The quantitative estimate of drug-likeness (QED) is 0.287. The lowest BCUT2D eigenvalue weighted by molar-refractivity contribution is -0.139. The number of thiazole rings is 1. The van der Waals surface area contributed by atoms with Crippen LogP contribution in [0.3, 0.4) is 0 Å². The Kier molecular flexibility index (Phi) is 7.82. The Bertz CT molecular complexity index is 1750. The van der Waals surface area contributed by atoms with Gasteiger partial charge in [0.2, 0.25) is 0 Å². The van der Waals surface area contributed by atoms with Crippen molar-refractivity contribution in [3.05, 3.63) is 131 Å². The summed E-state index contributed by atoms with van der Waals surface area (Å²) in [5, 5.41) is 0.658. The maximum Gasteiger partial charge on any atom is 0.338 e. The summed E-state index contributed by atoms with van der Waals surface area (Å²) in [5.41, 5.74) is 4.38. The van der Waals surface area contributed by atoms with Gasteiger partial charge in [-0.1, -0.05) is 77.0 Å². The molecule has 0 unspecified atom stereocenters. The van der Waals surface area contributed by atoms with E-state index < -0.39 is 12.0 Å². The van der Waals surface area contributed by atoms with Gasteiger partial charge in [0, 0.05) is 5.02 Å². The van der Waals surface area contributed by atoms with E-state index in [1.807, 2.05) is 85.8 Å². The van der Waals surface area contributed by atoms with Crippen LogP contribution in [0.25, 0.3) is 6.08 Å². The highest BCUT2D eigenvalue weighted by atomic mass is 35.5. The van der Waals surface area contributed by atoms with Gasteiger partial charge >= 0.3 is 5.97 Å². The van der Waals surface area contributed by atoms with Crippen molar-refractivity contribution < 1.29 is 14.3 Å². The second kappa shape index (κ2) is 11.4. The molecule has 1 aliphatic heterocycles. The Morgan fingerprint density at radius 1 is 1.08 bits per heavy atom. The van der Waals surface area contributed by atoms with Crippen LogP contribution in [0.15, 0.2) is 93.9 Å². The standard InChI is InChI=1S/C31H27ClN2O4S/c1-4-37-30(36)27-20(3)33-31-34(28(27)23-13-11-19(2)12-14-23)29(35)26(39-31)17-21-7-6-10-25(16-21)38-18-22-8-5-9-24(32)15-22/h5-17,28H,4,18H2,1-3H3/b26-17-/t28-/m1/s1. The molecule has 0 bridgehead atoms. The lowest BCUT2D eigenvalue weighted by atomic mass is 9.95. The van der Waals surface area contributed by atoms with E-state index in [0.29, 0.717) is 38.0 Å². The zero-order chi connectivity index (χ0) is 27.5. The molecule has 198 valence electrons. The molecule has 0 amide bonds. The minimum atomic E-state index is -0.629. The van der Waals surface area contributed by atoms with Crippen LogP contribution in [-0.2, 0) is 16.1 Å². The lowest BCUT2D eigenvalue weighted by Crippen LogP contribution is -2.39. The van der Waals surface area contributed by atoms with Crippen molar-refractivity contribution in [1.82, 2.24) is 4.57 Å². The lowest BCUT2D eigenvalue weighted by Gasteiger charge is -2.24. The minimum absolute atomic E-state index is 0.219. The summed E-state index contributed by atoms with van der Waals surface area (Å²) in [7, 11) is 0. The largest absolute Gasteiger partial charge is 0.489 e. The van der Waals surface area contributed by atoms with Crippen molar-refractivity contribution in [1.29, 1.82) is 0 Å². The molecule has 0 spiro atoms. The molecule has 4 aromatic rings. The van der Waals surface area contributed by atoms with Crippen LogP contribution in [0, 0.1) is 6.92 Å². The van der Waals surface area contributed by atoms with Gasteiger partial charge in [-0.2, -0.15) is 0 Å². The van der Waals surface area contributed by atoms with Crippen molar-refractivity contribution in [3.8, 4) is 5.75 Å². The number of halogens is 1. The Hall–Kier alpha value is -3.94. The molecule has 3 aromatic carbocycles. The Morgan fingerprint density at radius 2 is 1.85 bits per heavy atom. The van der Waals surface area contributed by atoms with Gasteiger partial charge in [-0.05, 0) is 67.8 Å². The fourth-order valence-electron chi connectivity index (χ4n) is 4.49. The summed E-state index contributed by atoms with van der Waals surface area (Å²) in [6.07, 6.45) is 1.83. The van der Waals surface area contributed by atoms with E-state index >= 15 is 0 Å². The van der Waals surface area contributed by atoms with E-state index in [9.17, 15) is 9.59 Å².